The van der Waals surface area contributed by atoms with E-state index in [1.165, 1.54) is 24.3 Å². The summed E-state index contributed by atoms with van der Waals surface area (Å²) >= 11 is 0. The summed E-state index contributed by atoms with van der Waals surface area (Å²) < 4.78 is 40.3. The van der Waals surface area contributed by atoms with Crippen molar-refractivity contribution in [2.45, 2.75) is 38.0 Å². The zero-order chi connectivity index (χ0) is 24.0. The van der Waals surface area contributed by atoms with E-state index in [1.807, 2.05) is 0 Å². The van der Waals surface area contributed by atoms with Crippen molar-refractivity contribution in [3.8, 4) is 0 Å². The average molecular weight is 476 g/mol. The molecule has 2 aromatic rings. The number of piperidine rings is 1. The number of anilines is 1. The summed E-state index contributed by atoms with van der Waals surface area (Å²) in [6.45, 7) is 5.90. The van der Waals surface area contributed by atoms with Gasteiger partial charge in [0.25, 0.3) is 15.9 Å². The second-order valence-corrected chi connectivity index (χ2v) is 10.4. The van der Waals surface area contributed by atoms with Crippen LogP contribution in [0.2, 0.25) is 0 Å². The lowest BCUT2D eigenvalue weighted by molar-refractivity contribution is -0.126. The second kappa shape index (κ2) is 10.8. The van der Waals surface area contributed by atoms with E-state index in [9.17, 15) is 22.4 Å². The standard InChI is InChI=1S/C24H30FN3O4S/c1-17(2)11-14-26-23(29)18-12-15-28(16-13-18)24(30)19-3-7-21(8-4-19)27-33(31,32)22-9-5-20(25)6-10-22/h3-10,17-18,27H,11-16H2,1-2H3,(H,26,29). The quantitative estimate of drug-likeness (QED) is 0.609. The molecule has 33 heavy (non-hydrogen) atoms. The molecule has 1 aliphatic rings. The molecule has 1 saturated heterocycles. The van der Waals surface area contributed by atoms with Gasteiger partial charge < -0.3 is 10.2 Å². The number of amides is 2. The fourth-order valence-electron chi connectivity index (χ4n) is 3.66. The van der Waals surface area contributed by atoms with Crippen LogP contribution in [0.3, 0.4) is 0 Å². The van der Waals surface area contributed by atoms with Crippen LogP contribution in [0, 0.1) is 17.7 Å². The minimum absolute atomic E-state index is 0.0554. The largest absolute Gasteiger partial charge is 0.356 e. The summed E-state index contributed by atoms with van der Waals surface area (Å²) in [5, 5.41) is 2.98. The molecule has 0 unspecified atom stereocenters. The van der Waals surface area contributed by atoms with Crippen molar-refractivity contribution in [2.24, 2.45) is 11.8 Å². The average Bonchev–Trinajstić information content (AvgIpc) is 2.79. The van der Waals surface area contributed by atoms with Gasteiger partial charge in [-0.15, -0.1) is 0 Å². The highest BCUT2D eigenvalue weighted by Crippen LogP contribution is 2.21. The third-order valence-electron chi connectivity index (χ3n) is 5.68. The molecule has 0 saturated carbocycles. The fraction of sp³-hybridized carbons (Fsp3) is 0.417. The lowest BCUT2D eigenvalue weighted by Crippen LogP contribution is -2.43. The van der Waals surface area contributed by atoms with Gasteiger partial charge in [-0.25, -0.2) is 12.8 Å². The molecule has 1 heterocycles. The highest BCUT2D eigenvalue weighted by atomic mass is 32.2. The third kappa shape index (κ3) is 6.77. The van der Waals surface area contributed by atoms with E-state index in [0.29, 0.717) is 49.6 Å². The molecule has 2 N–H and O–H groups in total. The van der Waals surface area contributed by atoms with E-state index in [4.69, 9.17) is 0 Å². The maximum Gasteiger partial charge on any atom is 0.261 e. The third-order valence-corrected chi connectivity index (χ3v) is 7.08. The molecular weight excluding hydrogens is 445 g/mol. The normalized spacial score (nSPS) is 14.8. The highest BCUT2D eigenvalue weighted by molar-refractivity contribution is 7.92. The van der Waals surface area contributed by atoms with Gasteiger partial charge in [-0.3, -0.25) is 14.3 Å². The predicted molar refractivity (Wildman–Crippen MR) is 125 cm³/mol. The van der Waals surface area contributed by atoms with E-state index in [1.54, 1.807) is 17.0 Å². The Labute approximate surface area is 194 Å². The van der Waals surface area contributed by atoms with Gasteiger partial charge in [-0.05, 0) is 73.7 Å². The van der Waals surface area contributed by atoms with Gasteiger partial charge >= 0.3 is 0 Å². The number of likely N-dealkylation sites (tertiary alicyclic amines) is 1. The minimum Gasteiger partial charge on any atom is -0.356 e. The first kappa shape index (κ1) is 24.7. The lowest BCUT2D eigenvalue weighted by Gasteiger charge is -2.31. The molecule has 2 amide bonds. The van der Waals surface area contributed by atoms with Crippen molar-refractivity contribution in [1.82, 2.24) is 10.2 Å². The molecule has 0 spiro atoms. The molecular formula is C24H30FN3O4S. The van der Waals surface area contributed by atoms with Crippen LogP contribution in [0.5, 0.6) is 0 Å². The Balaban J connectivity index is 1.53. The van der Waals surface area contributed by atoms with Gasteiger partial charge in [0.1, 0.15) is 5.82 Å². The maximum absolute atomic E-state index is 13.0. The topological polar surface area (TPSA) is 95.6 Å². The molecule has 7 nitrogen and oxygen atoms in total. The van der Waals surface area contributed by atoms with Crippen LogP contribution in [-0.4, -0.2) is 44.8 Å². The first-order valence-corrected chi connectivity index (χ1v) is 12.6. The van der Waals surface area contributed by atoms with Gasteiger partial charge in [0.05, 0.1) is 4.90 Å². The van der Waals surface area contributed by atoms with E-state index >= 15 is 0 Å². The van der Waals surface area contributed by atoms with Crippen molar-refractivity contribution >= 4 is 27.5 Å². The summed E-state index contributed by atoms with van der Waals surface area (Å²) in [6.07, 6.45) is 2.18. The highest BCUT2D eigenvalue weighted by Gasteiger charge is 2.27. The molecule has 1 fully saturated rings. The van der Waals surface area contributed by atoms with Gasteiger partial charge in [-0.1, -0.05) is 13.8 Å². The predicted octanol–water partition coefficient (Wildman–Crippen LogP) is 3.64. The molecule has 178 valence electrons. The summed E-state index contributed by atoms with van der Waals surface area (Å²) in [4.78, 5) is 26.8. The summed E-state index contributed by atoms with van der Waals surface area (Å²) in [5.74, 6) is -0.159. The number of carbonyl (C=O) groups excluding carboxylic acids is 2. The fourth-order valence-corrected chi connectivity index (χ4v) is 4.72. The number of hydrogen-bond acceptors (Lipinski definition) is 4. The van der Waals surface area contributed by atoms with Crippen molar-refractivity contribution in [1.29, 1.82) is 0 Å². The van der Waals surface area contributed by atoms with Gasteiger partial charge in [-0.2, -0.15) is 0 Å². The zero-order valence-corrected chi connectivity index (χ0v) is 19.7. The number of nitrogens with zero attached hydrogens (tertiary/aromatic N) is 1. The van der Waals surface area contributed by atoms with Crippen molar-refractivity contribution in [3.63, 3.8) is 0 Å². The molecule has 2 aromatic carbocycles. The van der Waals surface area contributed by atoms with Crippen LogP contribution in [-0.2, 0) is 14.8 Å². The number of benzene rings is 2. The van der Waals surface area contributed by atoms with Crippen LogP contribution in [0.25, 0.3) is 0 Å². The molecule has 9 heteroatoms. The number of rotatable bonds is 8. The monoisotopic (exact) mass is 475 g/mol. The second-order valence-electron chi connectivity index (χ2n) is 8.68. The number of carbonyl (C=O) groups is 2. The number of hydrogen-bond donors (Lipinski definition) is 2. The SMILES string of the molecule is CC(C)CCNC(=O)C1CCN(C(=O)c2ccc(NS(=O)(=O)c3ccc(F)cc3)cc2)CC1. The number of nitrogens with one attached hydrogen (secondary N) is 2. The first-order chi connectivity index (χ1) is 15.7. The van der Waals surface area contributed by atoms with Gasteiger partial charge in [0.15, 0.2) is 0 Å². The molecule has 1 aliphatic heterocycles. The van der Waals surface area contributed by atoms with Crippen molar-refractivity contribution < 1.29 is 22.4 Å². The summed E-state index contributed by atoms with van der Waals surface area (Å²) in [7, 11) is -3.86. The number of sulfonamides is 1. The Hall–Kier alpha value is -2.94. The van der Waals surface area contributed by atoms with E-state index in [2.05, 4.69) is 23.9 Å². The maximum atomic E-state index is 13.0. The summed E-state index contributed by atoms with van der Waals surface area (Å²) in [6, 6.07) is 10.7. The van der Waals surface area contributed by atoms with Crippen molar-refractivity contribution in [3.05, 3.63) is 59.9 Å². The Morgan fingerprint density at radius 1 is 1.03 bits per heavy atom. The molecule has 0 radical (unpaired) electrons. The van der Waals surface area contributed by atoms with Crippen LogP contribution >= 0.6 is 0 Å². The van der Waals surface area contributed by atoms with E-state index < -0.39 is 15.8 Å². The molecule has 0 atom stereocenters. The van der Waals surface area contributed by atoms with Crippen molar-refractivity contribution in [2.75, 3.05) is 24.4 Å². The van der Waals surface area contributed by atoms with Gasteiger partial charge in [0, 0.05) is 36.8 Å². The van der Waals surface area contributed by atoms with Crippen LogP contribution in [0.1, 0.15) is 43.5 Å². The molecule has 3 rings (SSSR count). The Morgan fingerprint density at radius 2 is 1.64 bits per heavy atom. The Bertz CT molecular complexity index is 1060. The molecule has 0 aromatic heterocycles. The van der Waals surface area contributed by atoms with E-state index in [0.717, 1.165) is 18.6 Å². The Kier molecular flexibility index (Phi) is 8.07. The number of halogens is 1. The lowest BCUT2D eigenvalue weighted by atomic mass is 9.95. The van der Waals surface area contributed by atoms with Crippen LogP contribution < -0.4 is 10.0 Å². The molecule has 0 bridgehead atoms. The smallest absolute Gasteiger partial charge is 0.261 e. The van der Waals surface area contributed by atoms with Gasteiger partial charge in [0.2, 0.25) is 5.91 Å². The zero-order valence-electron chi connectivity index (χ0n) is 18.9. The first-order valence-electron chi connectivity index (χ1n) is 11.1. The summed E-state index contributed by atoms with van der Waals surface area (Å²) in [5.41, 5.74) is 0.743. The minimum atomic E-state index is -3.86. The van der Waals surface area contributed by atoms with E-state index in [-0.39, 0.29) is 22.6 Å². The van der Waals surface area contributed by atoms with Crippen LogP contribution in [0.4, 0.5) is 10.1 Å². The Morgan fingerprint density at radius 3 is 2.21 bits per heavy atom. The molecule has 0 aliphatic carbocycles. The van der Waals surface area contributed by atoms with Crippen LogP contribution in [0.15, 0.2) is 53.4 Å².